The summed E-state index contributed by atoms with van der Waals surface area (Å²) in [5.74, 6) is -3.64. The lowest BCUT2D eigenvalue weighted by atomic mass is 9.96. The molecule has 0 spiro atoms. The monoisotopic (exact) mass is 575 g/mol. The van der Waals surface area contributed by atoms with Crippen LogP contribution in [0.5, 0.6) is 0 Å². The number of hydrogen-bond acceptors (Lipinski definition) is 10. The maximum Gasteiger partial charge on any atom is 0.348 e. The first-order valence-electron chi connectivity index (χ1n) is 11.9. The van der Waals surface area contributed by atoms with Crippen LogP contribution in [0.25, 0.3) is 11.2 Å². The molecule has 210 valence electrons. The summed E-state index contributed by atoms with van der Waals surface area (Å²) < 4.78 is 28.9. The lowest BCUT2D eigenvalue weighted by Gasteiger charge is -2.27. The van der Waals surface area contributed by atoms with Gasteiger partial charge in [-0.25, -0.2) is 19.0 Å². The quantitative estimate of drug-likeness (QED) is 0.155. The number of ether oxygens (including phenoxy) is 2. The molecule has 4 aromatic rings. The number of aromatic nitrogens is 6. The largest absolute Gasteiger partial charge is 0.479 e. The normalized spacial score (nSPS) is 21.2. The van der Waals surface area contributed by atoms with Gasteiger partial charge < -0.3 is 30.5 Å². The maximum absolute atomic E-state index is 15.2. The summed E-state index contributed by atoms with van der Waals surface area (Å²) in [7, 11) is 0. The van der Waals surface area contributed by atoms with Crippen molar-refractivity contribution in [3.05, 3.63) is 65.5 Å². The lowest BCUT2D eigenvalue weighted by molar-refractivity contribution is -0.190. The fourth-order valence-corrected chi connectivity index (χ4v) is 4.62. The molecule has 1 fully saturated rings. The molecule has 14 nitrogen and oxygen atoms in total. The summed E-state index contributed by atoms with van der Waals surface area (Å²) in [4.78, 5) is 36.2. The number of carbonyl (C=O) groups is 2. The number of alkyl halides is 1. The molecule has 0 saturated carbocycles. The molecule has 4 atom stereocenters. The van der Waals surface area contributed by atoms with Crippen LogP contribution in [-0.2, 0) is 32.0 Å². The summed E-state index contributed by atoms with van der Waals surface area (Å²) in [6, 6.07) is 9.33. The summed E-state index contributed by atoms with van der Waals surface area (Å²) in [5, 5.41) is 34.3. The van der Waals surface area contributed by atoms with Crippen molar-refractivity contribution in [2.24, 2.45) is 0 Å². The number of nitrogens with two attached hydrogens (primary N) is 1. The summed E-state index contributed by atoms with van der Waals surface area (Å²) in [6.45, 7) is -0.389. The van der Waals surface area contributed by atoms with Crippen LogP contribution in [-0.4, -0.2) is 87.1 Å². The Balaban J connectivity index is 1.33. The van der Waals surface area contributed by atoms with E-state index in [0.717, 1.165) is 10.1 Å². The van der Waals surface area contributed by atoms with E-state index >= 15 is 4.39 Å². The van der Waals surface area contributed by atoms with Gasteiger partial charge in [-0.1, -0.05) is 30.3 Å². The Morgan fingerprint density at radius 2 is 1.90 bits per heavy atom. The van der Waals surface area contributed by atoms with E-state index in [1.807, 2.05) is 30.3 Å². The molecule has 0 bridgehead atoms. The van der Waals surface area contributed by atoms with Gasteiger partial charge in [0.05, 0.1) is 25.7 Å². The molecular formula is C24H23ClFN7O7. The van der Waals surface area contributed by atoms with Gasteiger partial charge in [0.2, 0.25) is 5.28 Å². The maximum atomic E-state index is 15.2. The van der Waals surface area contributed by atoms with E-state index in [4.69, 9.17) is 26.8 Å². The predicted octanol–water partition coefficient (Wildman–Crippen LogP) is 1.07. The number of rotatable bonds is 10. The Labute approximate surface area is 229 Å². The van der Waals surface area contributed by atoms with Crippen LogP contribution in [0.1, 0.15) is 17.4 Å². The molecule has 0 aliphatic carbocycles. The first-order chi connectivity index (χ1) is 19.1. The second kappa shape index (κ2) is 10.8. The molecule has 4 heterocycles. The number of anilines is 1. The van der Waals surface area contributed by atoms with Gasteiger partial charge in [-0.2, -0.15) is 15.1 Å². The predicted molar refractivity (Wildman–Crippen MR) is 135 cm³/mol. The minimum atomic E-state index is -2.77. The highest BCUT2D eigenvalue weighted by Gasteiger charge is 2.52. The van der Waals surface area contributed by atoms with Crippen molar-refractivity contribution < 1.29 is 38.8 Å². The van der Waals surface area contributed by atoms with Crippen LogP contribution in [0, 0.1) is 0 Å². The highest BCUT2D eigenvalue weighted by Crippen LogP contribution is 2.35. The molecule has 0 unspecified atom stereocenters. The van der Waals surface area contributed by atoms with Crippen molar-refractivity contribution in [3.8, 4) is 0 Å². The van der Waals surface area contributed by atoms with Gasteiger partial charge >= 0.3 is 11.9 Å². The Morgan fingerprint density at radius 3 is 2.60 bits per heavy atom. The Bertz CT molecular complexity index is 1540. The van der Waals surface area contributed by atoms with Crippen LogP contribution in [0.4, 0.5) is 10.2 Å². The number of hydrogen-bond donors (Lipinski definition) is 4. The average Bonchev–Trinajstić information content (AvgIpc) is 3.60. The number of nitrogen functional groups attached to an aromatic ring is 1. The summed E-state index contributed by atoms with van der Waals surface area (Å²) in [5.41, 5.74) is 4.37. The van der Waals surface area contributed by atoms with Gasteiger partial charge in [0.15, 0.2) is 23.9 Å². The third kappa shape index (κ3) is 5.06. The standard InChI is InChI=1S/C24H23ClFN7O7/c25-23-30-18(27)16-19(31-23)33(11-28-16)20-15(26)17(34)14(40-20)10-39-24(21(35)36,22(37)38)6-13-7-29-32(9-13)8-12-4-2-1-3-5-12/h1-5,7,9,11,14-15,17,20,34H,6,8,10H2,(H,35,36)(H,37,38)(H2,27,30,31)/t14-,15-,17-,20-/m1/s1. The van der Waals surface area contributed by atoms with Gasteiger partial charge in [-0.3, -0.25) is 9.25 Å². The van der Waals surface area contributed by atoms with E-state index in [1.54, 1.807) is 0 Å². The number of fused-ring (bicyclic) bond motifs is 1. The van der Waals surface area contributed by atoms with Crippen LogP contribution >= 0.6 is 11.6 Å². The Kier molecular flexibility index (Phi) is 7.37. The molecule has 1 saturated heterocycles. The molecule has 3 aromatic heterocycles. The number of aliphatic hydroxyl groups is 1. The number of benzene rings is 1. The average molecular weight is 576 g/mol. The SMILES string of the molecule is Nc1nc(Cl)nc2c1ncn2[C@@H]1O[C@H](COC(Cc2cnn(Cc3ccccc3)c2)(C(=O)O)C(=O)O)[C@@H](O)[C@H]1F. The first-order valence-corrected chi connectivity index (χ1v) is 12.3. The topological polar surface area (TPSA) is 201 Å². The van der Waals surface area contributed by atoms with Crippen molar-refractivity contribution in [1.29, 1.82) is 0 Å². The van der Waals surface area contributed by atoms with E-state index in [-0.39, 0.29) is 27.8 Å². The number of nitrogens with zero attached hydrogens (tertiary/aromatic N) is 6. The van der Waals surface area contributed by atoms with Crippen molar-refractivity contribution in [1.82, 2.24) is 29.3 Å². The van der Waals surface area contributed by atoms with Crippen LogP contribution < -0.4 is 5.73 Å². The van der Waals surface area contributed by atoms with Crippen molar-refractivity contribution in [3.63, 3.8) is 0 Å². The molecule has 1 aliphatic heterocycles. The van der Waals surface area contributed by atoms with Crippen molar-refractivity contribution >= 4 is 40.5 Å². The van der Waals surface area contributed by atoms with Crippen molar-refractivity contribution in [2.75, 3.05) is 12.3 Å². The molecule has 16 heteroatoms. The zero-order valence-electron chi connectivity index (χ0n) is 20.5. The van der Waals surface area contributed by atoms with Gasteiger partial charge in [-0.05, 0) is 22.7 Å². The van der Waals surface area contributed by atoms with Crippen molar-refractivity contribution in [2.45, 2.75) is 43.2 Å². The molecule has 0 amide bonds. The van der Waals surface area contributed by atoms with Gasteiger partial charge in [0.25, 0.3) is 5.60 Å². The van der Waals surface area contributed by atoms with Gasteiger partial charge in [-0.15, -0.1) is 0 Å². The second-order valence-electron chi connectivity index (χ2n) is 9.16. The number of aliphatic carboxylic acids is 2. The van der Waals surface area contributed by atoms with E-state index < -0.39 is 55.2 Å². The minimum absolute atomic E-state index is 0.0388. The number of imidazole rings is 1. The van der Waals surface area contributed by atoms with Crippen LogP contribution in [0.15, 0.2) is 49.1 Å². The Morgan fingerprint density at radius 1 is 1.18 bits per heavy atom. The van der Waals surface area contributed by atoms with E-state index in [2.05, 4.69) is 20.1 Å². The number of carboxylic acids is 2. The highest BCUT2D eigenvalue weighted by atomic mass is 35.5. The molecule has 0 radical (unpaired) electrons. The highest BCUT2D eigenvalue weighted by molar-refractivity contribution is 6.28. The van der Waals surface area contributed by atoms with E-state index in [0.29, 0.717) is 6.54 Å². The lowest BCUT2D eigenvalue weighted by Crippen LogP contribution is -2.52. The second-order valence-corrected chi connectivity index (χ2v) is 9.50. The summed E-state index contributed by atoms with van der Waals surface area (Å²) in [6.07, 6.45) is -3.33. The zero-order valence-corrected chi connectivity index (χ0v) is 21.3. The summed E-state index contributed by atoms with van der Waals surface area (Å²) >= 11 is 5.86. The van der Waals surface area contributed by atoms with Crippen LogP contribution in [0.3, 0.4) is 0 Å². The third-order valence-electron chi connectivity index (χ3n) is 6.50. The number of halogens is 2. The Hall–Kier alpha value is -4.18. The number of carboxylic acid groups (broad SMARTS) is 2. The first kappa shape index (κ1) is 27.4. The molecular weight excluding hydrogens is 553 g/mol. The molecule has 5 rings (SSSR count). The van der Waals surface area contributed by atoms with Gasteiger partial charge in [0.1, 0.15) is 17.7 Å². The minimum Gasteiger partial charge on any atom is -0.479 e. The smallest absolute Gasteiger partial charge is 0.348 e. The molecule has 1 aromatic carbocycles. The van der Waals surface area contributed by atoms with E-state index in [1.165, 1.54) is 23.4 Å². The molecule has 1 aliphatic rings. The van der Waals surface area contributed by atoms with Gasteiger partial charge in [0, 0.05) is 12.6 Å². The van der Waals surface area contributed by atoms with Crippen LogP contribution in [0.2, 0.25) is 5.28 Å². The molecule has 40 heavy (non-hydrogen) atoms. The fraction of sp³-hybridized carbons (Fsp3) is 0.333. The fourth-order valence-electron chi connectivity index (χ4n) is 4.45. The molecule has 5 N–H and O–H groups in total. The third-order valence-corrected chi connectivity index (χ3v) is 6.67. The zero-order chi connectivity index (χ0) is 28.6. The number of aliphatic hydroxyl groups excluding tert-OH is 1. The van der Waals surface area contributed by atoms with E-state index in [9.17, 15) is 24.9 Å².